The maximum Gasteiger partial charge on any atom is 0.157 e. The lowest BCUT2D eigenvalue weighted by molar-refractivity contribution is 0.307. The minimum Gasteiger partial charge on any atom is -0.361 e. The zero-order valence-electron chi connectivity index (χ0n) is 11.7. The van der Waals surface area contributed by atoms with Crippen LogP contribution in [0.15, 0.2) is 4.99 Å². The van der Waals surface area contributed by atoms with Gasteiger partial charge in [0.2, 0.25) is 0 Å². The quantitative estimate of drug-likeness (QED) is 0.799. The average Bonchev–Trinajstić information content (AvgIpc) is 3.04. The summed E-state index contributed by atoms with van der Waals surface area (Å²) >= 11 is 1.99. The largest absolute Gasteiger partial charge is 0.361 e. The summed E-state index contributed by atoms with van der Waals surface area (Å²) in [4.78, 5) is 7.71. The SMILES string of the molecule is C1CCC2N=C(NC3CCN4CCCC34)SCC2C1. The Kier molecular flexibility index (Phi) is 3.48. The zero-order valence-corrected chi connectivity index (χ0v) is 12.5. The molecule has 3 heterocycles. The molecular formula is C15H25N3S. The number of nitrogens with one attached hydrogen (secondary N) is 1. The van der Waals surface area contributed by atoms with Crippen molar-refractivity contribution in [2.45, 2.75) is 63.1 Å². The maximum absolute atomic E-state index is 5.03. The van der Waals surface area contributed by atoms with Crippen LogP contribution in [0.1, 0.15) is 44.9 Å². The number of amidine groups is 1. The molecule has 0 amide bonds. The van der Waals surface area contributed by atoms with Crippen LogP contribution >= 0.6 is 11.8 Å². The van der Waals surface area contributed by atoms with Crippen molar-refractivity contribution in [3.63, 3.8) is 0 Å². The summed E-state index contributed by atoms with van der Waals surface area (Å²) in [7, 11) is 0. The first kappa shape index (κ1) is 12.5. The van der Waals surface area contributed by atoms with E-state index in [2.05, 4.69) is 10.2 Å². The van der Waals surface area contributed by atoms with E-state index in [1.165, 1.54) is 69.0 Å². The normalized spacial score (nSPS) is 42.6. The molecule has 0 aromatic heterocycles. The number of hydrogen-bond acceptors (Lipinski definition) is 4. The van der Waals surface area contributed by atoms with E-state index < -0.39 is 0 Å². The van der Waals surface area contributed by atoms with Gasteiger partial charge in [0, 0.05) is 24.4 Å². The molecule has 1 saturated carbocycles. The standard InChI is InChI=1S/C15H25N3S/c1-2-5-12-11(4-1)10-19-15(16-12)17-13-7-9-18-8-3-6-14(13)18/h11-14H,1-10H2,(H,16,17). The molecule has 3 aliphatic heterocycles. The lowest BCUT2D eigenvalue weighted by Crippen LogP contribution is -2.44. The molecule has 0 spiro atoms. The van der Waals surface area contributed by atoms with Gasteiger partial charge in [-0.25, -0.2) is 0 Å². The molecule has 2 saturated heterocycles. The van der Waals surface area contributed by atoms with Crippen LogP contribution in [0.5, 0.6) is 0 Å². The highest BCUT2D eigenvalue weighted by molar-refractivity contribution is 8.13. The molecule has 4 unspecified atom stereocenters. The van der Waals surface area contributed by atoms with E-state index >= 15 is 0 Å². The fraction of sp³-hybridized carbons (Fsp3) is 0.933. The number of nitrogens with zero attached hydrogens (tertiary/aromatic N) is 2. The van der Waals surface area contributed by atoms with Gasteiger partial charge in [0.1, 0.15) is 0 Å². The summed E-state index contributed by atoms with van der Waals surface area (Å²) in [6.07, 6.45) is 9.67. The first-order valence-electron chi connectivity index (χ1n) is 8.11. The Hall–Kier alpha value is -0.220. The van der Waals surface area contributed by atoms with Gasteiger partial charge >= 0.3 is 0 Å². The number of fused-ring (bicyclic) bond motifs is 2. The van der Waals surface area contributed by atoms with Gasteiger partial charge in [0.05, 0.1) is 6.04 Å². The molecule has 4 atom stereocenters. The highest BCUT2D eigenvalue weighted by Gasteiger charge is 2.38. The predicted octanol–water partition coefficient (Wildman–Crippen LogP) is 2.47. The summed E-state index contributed by atoms with van der Waals surface area (Å²) in [5.41, 5.74) is 0. The molecule has 0 radical (unpaired) electrons. The molecule has 1 aliphatic carbocycles. The van der Waals surface area contributed by atoms with Crippen molar-refractivity contribution in [2.75, 3.05) is 18.8 Å². The molecule has 4 heteroatoms. The van der Waals surface area contributed by atoms with Gasteiger partial charge in [-0.05, 0) is 44.6 Å². The van der Waals surface area contributed by atoms with E-state index in [0.29, 0.717) is 12.1 Å². The van der Waals surface area contributed by atoms with Crippen LogP contribution in [0, 0.1) is 5.92 Å². The molecule has 0 aromatic carbocycles. The third kappa shape index (κ3) is 2.42. The highest BCUT2D eigenvalue weighted by atomic mass is 32.2. The van der Waals surface area contributed by atoms with Crippen molar-refractivity contribution in [1.29, 1.82) is 0 Å². The Morgan fingerprint density at radius 1 is 1.05 bits per heavy atom. The minimum atomic E-state index is 0.638. The third-order valence-electron chi connectivity index (χ3n) is 5.50. The van der Waals surface area contributed by atoms with Crippen molar-refractivity contribution in [3.8, 4) is 0 Å². The Balaban J connectivity index is 1.41. The average molecular weight is 279 g/mol. The van der Waals surface area contributed by atoms with Crippen molar-refractivity contribution < 1.29 is 0 Å². The summed E-state index contributed by atoms with van der Waals surface area (Å²) in [6, 6.07) is 2.11. The van der Waals surface area contributed by atoms with Gasteiger partial charge < -0.3 is 5.32 Å². The lowest BCUT2D eigenvalue weighted by atomic mass is 9.86. The number of rotatable bonds is 1. The van der Waals surface area contributed by atoms with Crippen LogP contribution in [-0.2, 0) is 0 Å². The fourth-order valence-corrected chi connectivity index (χ4v) is 5.62. The predicted molar refractivity (Wildman–Crippen MR) is 81.8 cm³/mol. The van der Waals surface area contributed by atoms with Gasteiger partial charge in [0.25, 0.3) is 0 Å². The molecule has 0 bridgehead atoms. The van der Waals surface area contributed by atoms with Crippen LogP contribution in [-0.4, -0.2) is 47.0 Å². The summed E-state index contributed by atoms with van der Waals surface area (Å²) in [5, 5.41) is 5.06. The van der Waals surface area contributed by atoms with Gasteiger partial charge in [-0.15, -0.1) is 0 Å². The van der Waals surface area contributed by atoms with Crippen LogP contribution in [0.2, 0.25) is 0 Å². The Morgan fingerprint density at radius 3 is 3.00 bits per heavy atom. The van der Waals surface area contributed by atoms with Gasteiger partial charge in [-0.2, -0.15) is 0 Å². The second-order valence-electron chi connectivity index (χ2n) is 6.64. The smallest absolute Gasteiger partial charge is 0.157 e. The zero-order chi connectivity index (χ0) is 12.7. The van der Waals surface area contributed by atoms with E-state index in [4.69, 9.17) is 4.99 Å². The Morgan fingerprint density at radius 2 is 2.00 bits per heavy atom. The van der Waals surface area contributed by atoms with Crippen molar-refractivity contribution in [1.82, 2.24) is 10.2 Å². The molecule has 19 heavy (non-hydrogen) atoms. The minimum absolute atomic E-state index is 0.638. The molecule has 4 aliphatic rings. The van der Waals surface area contributed by atoms with Crippen molar-refractivity contribution >= 4 is 16.9 Å². The van der Waals surface area contributed by atoms with E-state index in [1.807, 2.05) is 11.8 Å². The fourth-order valence-electron chi connectivity index (χ4n) is 4.41. The van der Waals surface area contributed by atoms with E-state index in [9.17, 15) is 0 Å². The molecule has 106 valence electrons. The Bertz CT molecular complexity index is 370. The van der Waals surface area contributed by atoms with Crippen LogP contribution in [0.3, 0.4) is 0 Å². The molecule has 0 aromatic rings. The van der Waals surface area contributed by atoms with E-state index in [-0.39, 0.29) is 0 Å². The van der Waals surface area contributed by atoms with Gasteiger partial charge in [-0.1, -0.05) is 24.6 Å². The van der Waals surface area contributed by atoms with Crippen molar-refractivity contribution in [3.05, 3.63) is 0 Å². The Labute approximate surface area is 120 Å². The lowest BCUT2D eigenvalue weighted by Gasteiger charge is -2.34. The molecule has 3 fully saturated rings. The molecular weight excluding hydrogens is 254 g/mol. The first-order chi connectivity index (χ1) is 9.40. The topological polar surface area (TPSA) is 27.6 Å². The first-order valence-corrected chi connectivity index (χ1v) is 9.10. The molecule has 1 N–H and O–H groups in total. The van der Waals surface area contributed by atoms with Crippen LogP contribution < -0.4 is 5.32 Å². The summed E-state index contributed by atoms with van der Waals surface area (Å²) in [6.45, 7) is 2.62. The highest BCUT2D eigenvalue weighted by Crippen LogP contribution is 2.34. The van der Waals surface area contributed by atoms with E-state index in [0.717, 1.165) is 12.0 Å². The summed E-state index contributed by atoms with van der Waals surface area (Å²) in [5.74, 6) is 2.17. The molecule has 3 nitrogen and oxygen atoms in total. The second-order valence-corrected chi connectivity index (χ2v) is 7.65. The van der Waals surface area contributed by atoms with Crippen LogP contribution in [0.4, 0.5) is 0 Å². The monoisotopic (exact) mass is 279 g/mol. The third-order valence-corrected chi connectivity index (χ3v) is 6.59. The maximum atomic E-state index is 5.03. The number of aliphatic imine (C=N–C) groups is 1. The van der Waals surface area contributed by atoms with Gasteiger partial charge in [0.15, 0.2) is 5.17 Å². The van der Waals surface area contributed by atoms with E-state index in [1.54, 1.807) is 0 Å². The van der Waals surface area contributed by atoms with Crippen molar-refractivity contribution in [2.24, 2.45) is 10.9 Å². The number of thioether (sulfide) groups is 1. The van der Waals surface area contributed by atoms with Gasteiger partial charge in [-0.3, -0.25) is 9.89 Å². The summed E-state index contributed by atoms with van der Waals surface area (Å²) < 4.78 is 0. The number of hydrogen-bond donors (Lipinski definition) is 1. The second kappa shape index (κ2) is 5.28. The molecule has 4 rings (SSSR count). The van der Waals surface area contributed by atoms with Crippen LogP contribution in [0.25, 0.3) is 0 Å².